The van der Waals surface area contributed by atoms with E-state index in [4.69, 9.17) is 0 Å². The minimum Gasteiger partial charge on any atom is -0.634 e. The van der Waals surface area contributed by atoms with E-state index in [1.54, 1.807) is 0 Å². The fraction of sp³-hybridized carbons (Fsp3) is 1.00. The summed E-state index contributed by atoms with van der Waals surface area (Å²) in [4.78, 5) is 0. The van der Waals surface area contributed by atoms with Crippen LogP contribution in [0, 0.1) is 5.21 Å². The molecule has 0 aliphatic heterocycles. The van der Waals surface area contributed by atoms with Crippen molar-refractivity contribution in [3.05, 3.63) is 5.21 Å². The van der Waals surface area contributed by atoms with Crippen molar-refractivity contribution in [2.45, 2.75) is 123 Å². The Kier molecular flexibility index (Phi) is 19.9. The zero-order chi connectivity index (χ0) is 17.0. The second-order valence-corrected chi connectivity index (χ2v) is 7.34. The van der Waals surface area contributed by atoms with E-state index in [2.05, 4.69) is 13.8 Å². The first kappa shape index (κ1) is 22.9. The third kappa shape index (κ3) is 19.9. The van der Waals surface area contributed by atoms with E-state index in [1.165, 1.54) is 96.3 Å². The fourth-order valence-corrected chi connectivity index (χ4v) is 3.27. The molecule has 23 heavy (non-hydrogen) atoms. The Hall–Kier alpha value is -0.0800. The van der Waals surface area contributed by atoms with Crippen molar-refractivity contribution in [1.82, 2.24) is 0 Å². The molecular weight excluding hydrogens is 282 g/mol. The van der Waals surface area contributed by atoms with E-state index in [9.17, 15) is 5.21 Å². The lowest BCUT2D eigenvalue weighted by Crippen LogP contribution is -3.07. The van der Waals surface area contributed by atoms with Crippen LogP contribution in [0.25, 0.3) is 0 Å². The zero-order valence-corrected chi connectivity index (χ0v) is 16.3. The van der Waals surface area contributed by atoms with Gasteiger partial charge in [0, 0.05) is 0 Å². The second-order valence-electron chi connectivity index (χ2n) is 7.34. The number of nitrogens with one attached hydrogen (secondary N) is 1. The predicted molar refractivity (Wildman–Crippen MR) is 104 cm³/mol. The van der Waals surface area contributed by atoms with Gasteiger partial charge in [0.15, 0.2) is 0 Å². The molecule has 0 radical (unpaired) electrons. The summed E-state index contributed by atoms with van der Waals surface area (Å²) in [5.74, 6) is 0. The summed E-state index contributed by atoms with van der Waals surface area (Å²) >= 11 is 0. The molecular formula is C21H45NO. The zero-order valence-electron chi connectivity index (χ0n) is 16.3. The van der Waals surface area contributed by atoms with E-state index in [0.717, 1.165) is 25.9 Å². The van der Waals surface area contributed by atoms with Crippen LogP contribution in [-0.4, -0.2) is 13.1 Å². The number of hydrogen-bond acceptors (Lipinski definition) is 1. The van der Waals surface area contributed by atoms with Crippen LogP contribution in [-0.2, 0) is 0 Å². The highest BCUT2D eigenvalue weighted by Gasteiger charge is 1.97. The summed E-state index contributed by atoms with van der Waals surface area (Å²) in [7, 11) is 0. The fourth-order valence-electron chi connectivity index (χ4n) is 3.27. The standard InChI is InChI=1S/C21H45NO/c1-3-5-6-7-8-9-10-11-12-13-14-15-16-17-18-19-21-22(23)20-4-2/h22H,3-21H2,1-2H3. The maximum absolute atomic E-state index is 11.4. The van der Waals surface area contributed by atoms with Gasteiger partial charge in [0.1, 0.15) is 0 Å². The molecule has 2 heteroatoms. The van der Waals surface area contributed by atoms with Crippen molar-refractivity contribution in [2.75, 3.05) is 13.1 Å². The number of rotatable bonds is 19. The average molecular weight is 328 g/mol. The first-order valence-corrected chi connectivity index (χ1v) is 10.8. The number of quaternary nitrogens is 1. The van der Waals surface area contributed by atoms with Crippen LogP contribution in [0.4, 0.5) is 0 Å². The summed E-state index contributed by atoms with van der Waals surface area (Å²) < 4.78 is 0. The van der Waals surface area contributed by atoms with E-state index in [1.807, 2.05) is 0 Å². The van der Waals surface area contributed by atoms with Crippen LogP contribution >= 0.6 is 0 Å². The molecule has 1 unspecified atom stereocenters. The quantitative estimate of drug-likeness (QED) is 0.227. The molecule has 0 amide bonds. The molecule has 140 valence electrons. The minimum atomic E-state index is 0.470. The van der Waals surface area contributed by atoms with Gasteiger partial charge in [-0.25, -0.2) is 0 Å². The maximum atomic E-state index is 11.4. The lowest BCUT2D eigenvalue weighted by Gasteiger charge is -2.21. The number of hydroxylamine groups is 2. The van der Waals surface area contributed by atoms with E-state index in [-0.39, 0.29) is 0 Å². The van der Waals surface area contributed by atoms with Gasteiger partial charge < -0.3 is 10.3 Å². The molecule has 0 saturated heterocycles. The molecule has 0 aliphatic rings. The Morgan fingerprint density at radius 2 is 0.783 bits per heavy atom. The molecule has 0 heterocycles. The third-order valence-electron chi connectivity index (χ3n) is 4.84. The van der Waals surface area contributed by atoms with Gasteiger partial charge >= 0.3 is 0 Å². The molecule has 0 fully saturated rings. The van der Waals surface area contributed by atoms with Crippen molar-refractivity contribution in [2.24, 2.45) is 0 Å². The highest BCUT2D eigenvalue weighted by molar-refractivity contribution is 4.49. The van der Waals surface area contributed by atoms with Crippen LogP contribution in [0.15, 0.2) is 0 Å². The number of unbranched alkanes of at least 4 members (excludes halogenated alkanes) is 15. The molecule has 1 atom stereocenters. The summed E-state index contributed by atoms with van der Waals surface area (Å²) in [5.41, 5.74) is 0. The van der Waals surface area contributed by atoms with Gasteiger partial charge in [0.25, 0.3) is 0 Å². The van der Waals surface area contributed by atoms with Gasteiger partial charge in [-0.05, 0) is 19.3 Å². The van der Waals surface area contributed by atoms with Crippen molar-refractivity contribution in [1.29, 1.82) is 0 Å². The molecule has 0 rings (SSSR count). The highest BCUT2D eigenvalue weighted by Crippen LogP contribution is 2.13. The first-order chi connectivity index (χ1) is 11.3. The predicted octanol–water partition coefficient (Wildman–Crippen LogP) is 6.04. The smallest absolute Gasteiger partial charge is 0.0768 e. The number of hydrogen-bond donors (Lipinski definition) is 1. The molecule has 0 bridgehead atoms. The minimum absolute atomic E-state index is 0.470. The van der Waals surface area contributed by atoms with E-state index >= 15 is 0 Å². The van der Waals surface area contributed by atoms with Crippen molar-refractivity contribution in [3.8, 4) is 0 Å². The molecule has 0 saturated carbocycles. The maximum Gasteiger partial charge on any atom is 0.0768 e. The topological polar surface area (TPSA) is 27.5 Å². The Bertz CT molecular complexity index is 208. The second kappa shape index (κ2) is 20.0. The summed E-state index contributed by atoms with van der Waals surface area (Å²) in [6.07, 6.45) is 23.3. The normalized spacial score (nSPS) is 12.7. The molecule has 0 aromatic carbocycles. The van der Waals surface area contributed by atoms with Crippen molar-refractivity contribution >= 4 is 0 Å². The van der Waals surface area contributed by atoms with Crippen molar-refractivity contribution in [3.63, 3.8) is 0 Å². The molecule has 0 aromatic rings. The summed E-state index contributed by atoms with van der Waals surface area (Å²) in [5, 5.41) is 11.9. The van der Waals surface area contributed by atoms with Crippen LogP contribution < -0.4 is 5.06 Å². The molecule has 2 nitrogen and oxygen atoms in total. The largest absolute Gasteiger partial charge is 0.634 e. The third-order valence-corrected chi connectivity index (χ3v) is 4.84. The van der Waals surface area contributed by atoms with Crippen LogP contribution in [0.3, 0.4) is 0 Å². The lowest BCUT2D eigenvalue weighted by molar-refractivity contribution is -0.848. The van der Waals surface area contributed by atoms with E-state index in [0.29, 0.717) is 5.06 Å². The molecule has 1 N–H and O–H groups in total. The first-order valence-electron chi connectivity index (χ1n) is 10.8. The Morgan fingerprint density at radius 1 is 0.435 bits per heavy atom. The summed E-state index contributed by atoms with van der Waals surface area (Å²) in [6.45, 7) is 5.99. The van der Waals surface area contributed by atoms with Crippen LogP contribution in [0.2, 0.25) is 0 Å². The van der Waals surface area contributed by atoms with Gasteiger partial charge in [0.05, 0.1) is 13.1 Å². The van der Waals surface area contributed by atoms with Crippen LogP contribution in [0.1, 0.15) is 123 Å². The van der Waals surface area contributed by atoms with Crippen molar-refractivity contribution < 1.29 is 5.06 Å². The van der Waals surface area contributed by atoms with Gasteiger partial charge in [-0.15, -0.1) is 0 Å². The Labute approximate surface area is 147 Å². The molecule has 0 aromatic heterocycles. The van der Waals surface area contributed by atoms with Gasteiger partial charge in [0.2, 0.25) is 0 Å². The Balaban J connectivity index is 3.00. The van der Waals surface area contributed by atoms with E-state index < -0.39 is 0 Å². The molecule has 0 spiro atoms. The highest BCUT2D eigenvalue weighted by atomic mass is 16.5. The van der Waals surface area contributed by atoms with Gasteiger partial charge in [-0.1, -0.05) is 104 Å². The summed E-state index contributed by atoms with van der Waals surface area (Å²) in [6, 6.07) is 0. The van der Waals surface area contributed by atoms with Crippen LogP contribution in [0.5, 0.6) is 0 Å². The Morgan fingerprint density at radius 3 is 1.13 bits per heavy atom. The monoisotopic (exact) mass is 327 g/mol. The molecule has 0 aliphatic carbocycles. The van der Waals surface area contributed by atoms with Gasteiger partial charge in [-0.3, -0.25) is 0 Å². The van der Waals surface area contributed by atoms with Gasteiger partial charge in [-0.2, -0.15) is 0 Å². The lowest BCUT2D eigenvalue weighted by atomic mass is 10.0. The SMILES string of the molecule is CCCCCCCCCCCCCCCCCC[NH+]([O-])CCC. The average Bonchev–Trinajstić information content (AvgIpc) is 2.54.